The largest absolute Gasteiger partial charge is 0.231 e. The van der Waals surface area contributed by atoms with E-state index in [2.05, 4.69) is 15.4 Å². The minimum Gasteiger partial charge on any atom is -0.222 e. The molecule has 62 valence electrons. The quantitative estimate of drug-likeness (QED) is 0.405. The van der Waals surface area contributed by atoms with Crippen LogP contribution in [0, 0.1) is 10.8 Å². The van der Waals surface area contributed by atoms with Gasteiger partial charge in [-0.3, -0.25) is 0 Å². The normalized spacial score (nSPS) is 5.33. The topological polar surface area (TPSA) is 121 Å². The Bertz CT molecular complexity index is 199. The van der Waals surface area contributed by atoms with E-state index in [1.807, 2.05) is 0 Å². The highest BCUT2D eigenvalue weighted by molar-refractivity contribution is 5.26. The number of nitrogens with zero attached hydrogens (tertiary/aromatic N) is 3. The van der Waals surface area contributed by atoms with Crippen molar-refractivity contribution in [2.24, 2.45) is 0 Å². The minimum atomic E-state index is 0.750. The average Bonchev–Trinajstić information content (AvgIpc) is 2.10. The van der Waals surface area contributed by atoms with Gasteiger partial charge in [-0.05, 0) is 11.3 Å². The van der Waals surface area contributed by atoms with E-state index in [9.17, 15) is 0 Å². The van der Waals surface area contributed by atoms with Gasteiger partial charge in [0.2, 0.25) is 12.2 Å². The molecule has 0 fully saturated rings. The molecule has 1 aromatic heterocycles. The Kier molecular flexibility index (Phi) is 16.5. The number of rotatable bonds is 0. The Morgan fingerprint density at radius 1 is 1.00 bits per heavy atom. The predicted octanol–water partition coefficient (Wildman–Crippen LogP) is -0.326. The Labute approximate surface area is 67.5 Å². The Hall–Kier alpha value is -2.23. The SMILES string of the molecule is N=C=O.N=C=O.c1cnnnc1. The fourth-order valence-electron chi connectivity index (χ4n) is 0.205. The highest BCUT2D eigenvalue weighted by Crippen LogP contribution is 1.61. The first-order chi connectivity index (χ1) is 5.83. The highest BCUT2D eigenvalue weighted by atomic mass is 16.1. The molecule has 0 amide bonds. The molecule has 0 aliphatic carbocycles. The van der Waals surface area contributed by atoms with Gasteiger partial charge in [-0.2, -0.15) is 0 Å². The summed E-state index contributed by atoms with van der Waals surface area (Å²) in [6.07, 6.45) is 4.65. The zero-order chi connectivity index (χ0) is 9.66. The standard InChI is InChI=1S/C3H3N3.2CHNO/c1-2-4-6-5-3-1;2*2-1-3/h1-3H;2*2H. The molecule has 0 bridgehead atoms. The molecule has 1 heterocycles. The van der Waals surface area contributed by atoms with Crippen LogP contribution >= 0.6 is 0 Å². The summed E-state index contributed by atoms with van der Waals surface area (Å²) in [7, 11) is 0. The molecule has 1 rings (SSSR count). The summed E-state index contributed by atoms with van der Waals surface area (Å²) in [5.41, 5.74) is 0. The highest BCUT2D eigenvalue weighted by Gasteiger charge is 1.60. The van der Waals surface area contributed by atoms with Crippen LogP contribution < -0.4 is 0 Å². The summed E-state index contributed by atoms with van der Waals surface area (Å²) in [4.78, 5) is 16.7. The molecule has 1 aromatic rings. The van der Waals surface area contributed by atoms with E-state index in [1.54, 1.807) is 18.5 Å². The molecule has 0 saturated heterocycles. The molecule has 0 atom stereocenters. The van der Waals surface area contributed by atoms with Crippen molar-refractivity contribution in [3.8, 4) is 0 Å². The Morgan fingerprint density at radius 2 is 1.33 bits per heavy atom. The number of isocyanates is 2. The van der Waals surface area contributed by atoms with Gasteiger partial charge in [0.25, 0.3) is 0 Å². The van der Waals surface area contributed by atoms with Gasteiger partial charge in [0, 0.05) is 0 Å². The van der Waals surface area contributed by atoms with E-state index in [0.717, 1.165) is 12.2 Å². The van der Waals surface area contributed by atoms with Gasteiger partial charge in [0.15, 0.2) is 0 Å². The number of hydrogen-bond donors (Lipinski definition) is 2. The number of aromatic nitrogens is 3. The van der Waals surface area contributed by atoms with Gasteiger partial charge in [0.05, 0.1) is 12.4 Å². The summed E-state index contributed by atoms with van der Waals surface area (Å²) in [5.74, 6) is 0. The molecule has 7 nitrogen and oxygen atoms in total. The molecule has 0 aromatic carbocycles. The number of hydrogen-bond acceptors (Lipinski definition) is 7. The third-order valence-corrected chi connectivity index (χ3v) is 0.409. The van der Waals surface area contributed by atoms with E-state index in [1.165, 1.54) is 0 Å². The summed E-state index contributed by atoms with van der Waals surface area (Å²) in [6, 6.07) is 1.72. The second kappa shape index (κ2) is 15.9. The van der Waals surface area contributed by atoms with Gasteiger partial charge in [-0.1, -0.05) is 0 Å². The fourth-order valence-corrected chi connectivity index (χ4v) is 0.205. The van der Waals surface area contributed by atoms with E-state index in [0.29, 0.717) is 0 Å². The molecule has 0 unspecified atom stereocenters. The molecule has 0 spiro atoms. The second-order valence-corrected chi connectivity index (χ2v) is 1.02. The summed E-state index contributed by atoms with van der Waals surface area (Å²) in [5, 5.41) is 20.9. The molecule has 7 heteroatoms. The maximum Gasteiger partial charge on any atom is 0.231 e. The monoisotopic (exact) mass is 167 g/mol. The van der Waals surface area contributed by atoms with E-state index < -0.39 is 0 Å². The van der Waals surface area contributed by atoms with Gasteiger partial charge >= 0.3 is 0 Å². The minimum absolute atomic E-state index is 0.750. The fraction of sp³-hybridized carbons (Fsp3) is 0. The lowest BCUT2D eigenvalue weighted by atomic mass is 10.7. The van der Waals surface area contributed by atoms with Crippen molar-refractivity contribution >= 4 is 12.2 Å². The van der Waals surface area contributed by atoms with Gasteiger partial charge in [-0.25, -0.2) is 20.4 Å². The third kappa shape index (κ3) is 25.1. The zero-order valence-electron chi connectivity index (χ0n) is 5.89. The maximum atomic E-state index is 8.35. The van der Waals surface area contributed by atoms with E-state index in [-0.39, 0.29) is 0 Å². The van der Waals surface area contributed by atoms with Crippen LogP contribution in [0.1, 0.15) is 0 Å². The number of carbonyl (C=O) groups excluding carboxylic acids is 2. The average molecular weight is 167 g/mol. The van der Waals surface area contributed by atoms with Crippen LogP contribution in [-0.2, 0) is 9.59 Å². The van der Waals surface area contributed by atoms with Crippen LogP contribution in [0.4, 0.5) is 0 Å². The summed E-state index contributed by atoms with van der Waals surface area (Å²) in [6.45, 7) is 0. The van der Waals surface area contributed by atoms with Crippen molar-refractivity contribution in [3.05, 3.63) is 18.5 Å². The Balaban J connectivity index is 0. The molecule has 0 aliphatic heterocycles. The van der Waals surface area contributed by atoms with Crippen molar-refractivity contribution in [3.63, 3.8) is 0 Å². The van der Waals surface area contributed by atoms with Crippen LogP contribution in [0.25, 0.3) is 0 Å². The summed E-state index contributed by atoms with van der Waals surface area (Å²) >= 11 is 0. The lowest BCUT2D eigenvalue weighted by molar-refractivity contribution is 0.562. The number of nitrogens with one attached hydrogen (secondary N) is 2. The molecule has 0 radical (unpaired) electrons. The zero-order valence-corrected chi connectivity index (χ0v) is 5.89. The molecule has 12 heavy (non-hydrogen) atoms. The van der Waals surface area contributed by atoms with Crippen LogP contribution in [0.5, 0.6) is 0 Å². The first-order valence-electron chi connectivity index (χ1n) is 2.49. The molecule has 0 saturated carbocycles. The molecular weight excluding hydrogens is 162 g/mol. The van der Waals surface area contributed by atoms with Crippen LogP contribution in [0.3, 0.4) is 0 Å². The second-order valence-electron chi connectivity index (χ2n) is 1.02. The van der Waals surface area contributed by atoms with Crippen molar-refractivity contribution in [2.45, 2.75) is 0 Å². The summed E-state index contributed by atoms with van der Waals surface area (Å²) < 4.78 is 0. The molecule has 0 aliphatic rings. The van der Waals surface area contributed by atoms with Gasteiger partial charge in [0.1, 0.15) is 0 Å². The molecular formula is C5H5N5O2. The van der Waals surface area contributed by atoms with Crippen molar-refractivity contribution in [1.82, 2.24) is 15.4 Å². The lowest BCUT2D eigenvalue weighted by Gasteiger charge is -1.68. The first kappa shape index (κ1) is 12.4. The van der Waals surface area contributed by atoms with Crippen molar-refractivity contribution < 1.29 is 9.59 Å². The van der Waals surface area contributed by atoms with Crippen LogP contribution in [0.2, 0.25) is 0 Å². The van der Waals surface area contributed by atoms with Crippen molar-refractivity contribution in [2.75, 3.05) is 0 Å². The van der Waals surface area contributed by atoms with Crippen LogP contribution in [0.15, 0.2) is 18.5 Å². The Morgan fingerprint density at radius 3 is 1.42 bits per heavy atom. The predicted molar refractivity (Wildman–Crippen MR) is 36.7 cm³/mol. The lowest BCUT2D eigenvalue weighted by Crippen LogP contribution is -1.78. The van der Waals surface area contributed by atoms with Gasteiger partial charge < -0.3 is 0 Å². The maximum absolute atomic E-state index is 8.35. The van der Waals surface area contributed by atoms with E-state index >= 15 is 0 Å². The smallest absolute Gasteiger partial charge is 0.222 e. The van der Waals surface area contributed by atoms with Crippen LogP contribution in [-0.4, -0.2) is 27.6 Å². The van der Waals surface area contributed by atoms with Gasteiger partial charge in [-0.15, -0.1) is 10.2 Å². The van der Waals surface area contributed by atoms with E-state index in [4.69, 9.17) is 20.4 Å². The molecule has 2 N–H and O–H groups in total. The third-order valence-electron chi connectivity index (χ3n) is 0.409. The first-order valence-corrected chi connectivity index (χ1v) is 2.49. The van der Waals surface area contributed by atoms with Crippen molar-refractivity contribution in [1.29, 1.82) is 10.8 Å².